The number of benzene rings is 2. The first kappa shape index (κ1) is 53.4. The number of rotatable bonds is 24. The highest BCUT2D eigenvalue weighted by molar-refractivity contribution is 7.13. The summed E-state index contributed by atoms with van der Waals surface area (Å²) in [5.41, 5.74) is 17.2. The van der Waals surface area contributed by atoms with Gasteiger partial charge in [-0.2, -0.15) is 4.98 Å². The summed E-state index contributed by atoms with van der Waals surface area (Å²) in [7, 11) is 1.53. The van der Waals surface area contributed by atoms with Gasteiger partial charge in [-0.3, -0.25) is 23.6 Å². The molecule has 1 saturated heterocycles. The summed E-state index contributed by atoms with van der Waals surface area (Å²) < 4.78 is 30.1. The SMILES string of the molecule is COc1cc(Nc2nc(N[C@H]3CCCC[C@H]3N)n3ccnc3c2C(N)=O)cc(OCCOCCOCCOCC(=O)N[C@H](C(=O)N2C[C@H](O)C[C@H]2C(=O)NCc2ccc(-c3scnc3C)cc2)C(C)(C)C)c1. The number of anilines is 3. The fourth-order valence-electron chi connectivity index (χ4n) is 8.69. The Morgan fingerprint density at radius 1 is 0.944 bits per heavy atom. The molecule has 4 amide bonds. The van der Waals surface area contributed by atoms with Gasteiger partial charge in [-0.05, 0) is 36.3 Å². The summed E-state index contributed by atoms with van der Waals surface area (Å²) in [6.45, 7) is 8.61. The Bertz CT molecular complexity index is 2640. The smallest absolute Gasteiger partial charge is 0.256 e. The van der Waals surface area contributed by atoms with E-state index in [1.807, 2.05) is 52.0 Å². The molecule has 72 heavy (non-hydrogen) atoms. The standard InChI is InChI=1S/C50H67N11O10S/c1-30-42(72-29-55-30)32-12-10-31(11-13-32)26-54-47(65)39-24-34(62)27-61(39)48(66)43(50(2,3)4)58-40(63)28-70-19-18-68-16-17-69-20-21-71-36-23-33(22-35(25-36)67-5)56-45-41(44(52)64)46-53-14-15-60(46)49(59-45)57-38-9-7-6-8-37(38)51/h10-15,22-23,25,29,34,37-39,43,56,62H,6-9,16-21,24,26-28,51H2,1-5H3,(H2,52,64)(H,54,65)(H,57,59)(H,58,63)/t34-,37-,38+,39+,43-/m1/s1. The summed E-state index contributed by atoms with van der Waals surface area (Å²) in [6.07, 6.45) is 6.41. The van der Waals surface area contributed by atoms with Crippen LogP contribution in [0.3, 0.4) is 0 Å². The van der Waals surface area contributed by atoms with E-state index in [0.29, 0.717) is 28.8 Å². The van der Waals surface area contributed by atoms with Gasteiger partial charge in [0.15, 0.2) is 11.5 Å². The molecule has 3 aromatic heterocycles. The quantitative estimate of drug-likeness (QED) is 0.0431. The number of aliphatic hydroxyl groups excluding tert-OH is 1. The molecule has 5 aromatic rings. The average Bonchev–Trinajstić information content (AvgIpc) is 4.12. The number of ether oxygens (including phenoxy) is 5. The van der Waals surface area contributed by atoms with Crippen LogP contribution in [0.5, 0.6) is 11.5 Å². The van der Waals surface area contributed by atoms with E-state index in [4.69, 9.17) is 40.1 Å². The van der Waals surface area contributed by atoms with E-state index in [0.717, 1.165) is 47.4 Å². The van der Waals surface area contributed by atoms with Crippen molar-refractivity contribution < 1.29 is 48.0 Å². The second-order valence-electron chi connectivity index (χ2n) is 18.9. The summed E-state index contributed by atoms with van der Waals surface area (Å²) in [5, 5.41) is 23.0. The van der Waals surface area contributed by atoms with Crippen molar-refractivity contribution in [1.82, 2.24) is 34.9 Å². The van der Waals surface area contributed by atoms with Crippen LogP contribution in [0.2, 0.25) is 0 Å². The third kappa shape index (κ3) is 13.9. The largest absolute Gasteiger partial charge is 0.497 e. The topological polar surface area (TPSA) is 281 Å². The number of fused-ring (bicyclic) bond motifs is 1. The number of methoxy groups -OCH3 is 1. The van der Waals surface area contributed by atoms with Gasteiger partial charge in [-0.1, -0.05) is 57.9 Å². The molecule has 22 heteroatoms. The van der Waals surface area contributed by atoms with Gasteiger partial charge in [0.05, 0.1) is 62.3 Å². The Hall–Kier alpha value is -6.43. The molecular formula is C50H67N11O10S. The number of aryl methyl sites for hydroxylation is 1. The molecule has 7 rings (SSSR count). The van der Waals surface area contributed by atoms with Crippen molar-refractivity contribution in [2.45, 2.75) is 96.6 Å². The minimum Gasteiger partial charge on any atom is -0.497 e. The van der Waals surface area contributed by atoms with Gasteiger partial charge in [0.25, 0.3) is 5.91 Å². The maximum absolute atomic E-state index is 14.0. The molecular weight excluding hydrogens is 947 g/mol. The number of thiazole rings is 1. The number of aliphatic hydroxyl groups is 1. The predicted octanol–water partition coefficient (Wildman–Crippen LogP) is 3.93. The van der Waals surface area contributed by atoms with E-state index < -0.39 is 41.3 Å². The van der Waals surface area contributed by atoms with Crippen LogP contribution in [0.15, 0.2) is 60.4 Å². The normalized spacial score (nSPS) is 18.4. The fourth-order valence-corrected chi connectivity index (χ4v) is 9.50. The third-order valence-corrected chi connectivity index (χ3v) is 13.5. The number of carbonyl (C=O) groups excluding carboxylic acids is 4. The summed E-state index contributed by atoms with van der Waals surface area (Å²) in [5.74, 6) is -0.396. The van der Waals surface area contributed by atoms with Crippen LogP contribution in [-0.4, -0.2) is 143 Å². The first-order valence-corrected chi connectivity index (χ1v) is 25.0. The molecule has 5 atom stereocenters. The number of nitrogens with zero attached hydrogens (tertiary/aromatic N) is 5. The molecule has 0 radical (unpaired) electrons. The number of primary amides is 1. The Balaban J connectivity index is 0.807. The van der Waals surface area contributed by atoms with Crippen molar-refractivity contribution in [3.05, 3.63) is 77.2 Å². The molecule has 2 fully saturated rings. The molecule has 2 aromatic carbocycles. The highest BCUT2D eigenvalue weighted by atomic mass is 32.1. The predicted molar refractivity (Wildman–Crippen MR) is 271 cm³/mol. The van der Waals surface area contributed by atoms with E-state index in [2.05, 4.69) is 31.2 Å². The number of nitrogens with one attached hydrogen (secondary N) is 4. The number of likely N-dealkylation sites (tertiary alicyclic amines) is 1. The van der Waals surface area contributed by atoms with E-state index >= 15 is 0 Å². The zero-order chi connectivity index (χ0) is 51.4. The Labute approximate surface area is 422 Å². The van der Waals surface area contributed by atoms with Crippen molar-refractivity contribution in [2.24, 2.45) is 16.9 Å². The minimum absolute atomic E-state index is 0.00117. The number of carbonyl (C=O) groups is 4. The van der Waals surface area contributed by atoms with Crippen LogP contribution in [0.4, 0.5) is 17.5 Å². The Morgan fingerprint density at radius 3 is 2.33 bits per heavy atom. The van der Waals surface area contributed by atoms with Gasteiger partial charge >= 0.3 is 0 Å². The fraction of sp³-hybridized carbons (Fsp3) is 0.500. The number of β-amino-alcohol motifs (C(OH)–C–C–N with tert-alkyl or cyclic N) is 1. The van der Waals surface area contributed by atoms with Crippen molar-refractivity contribution in [2.75, 3.05) is 70.5 Å². The van der Waals surface area contributed by atoms with Gasteiger partial charge in [0.1, 0.15) is 42.4 Å². The number of aromatic nitrogens is 4. The van der Waals surface area contributed by atoms with Crippen LogP contribution < -0.4 is 42.2 Å². The lowest BCUT2D eigenvalue weighted by Gasteiger charge is -2.35. The summed E-state index contributed by atoms with van der Waals surface area (Å²) in [4.78, 5) is 69.2. The molecule has 1 aliphatic carbocycles. The Morgan fingerprint density at radius 2 is 1.65 bits per heavy atom. The highest BCUT2D eigenvalue weighted by Gasteiger charge is 2.44. The molecule has 4 heterocycles. The monoisotopic (exact) mass is 1010 g/mol. The number of nitrogens with two attached hydrogens (primary N) is 2. The number of amides is 4. The number of hydrogen-bond acceptors (Lipinski definition) is 17. The summed E-state index contributed by atoms with van der Waals surface area (Å²) >= 11 is 1.57. The molecule has 1 aliphatic heterocycles. The second-order valence-corrected chi connectivity index (χ2v) is 19.8. The third-order valence-electron chi connectivity index (χ3n) is 12.5. The van der Waals surface area contributed by atoms with Crippen LogP contribution in [0.1, 0.15) is 74.5 Å². The first-order chi connectivity index (χ1) is 34.6. The Kier molecular flexibility index (Phi) is 18.4. The molecule has 9 N–H and O–H groups in total. The van der Waals surface area contributed by atoms with Crippen molar-refractivity contribution in [3.63, 3.8) is 0 Å². The average molecular weight is 1010 g/mol. The molecule has 21 nitrogen and oxygen atoms in total. The molecule has 0 spiro atoms. The molecule has 1 saturated carbocycles. The summed E-state index contributed by atoms with van der Waals surface area (Å²) in [6, 6.07) is 11.1. The number of imidazole rings is 1. The van der Waals surface area contributed by atoms with E-state index in [1.54, 1.807) is 51.8 Å². The highest BCUT2D eigenvalue weighted by Crippen LogP contribution is 2.32. The van der Waals surface area contributed by atoms with E-state index in [9.17, 15) is 24.3 Å². The maximum atomic E-state index is 14.0. The lowest BCUT2D eigenvalue weighted by atomic mass is 9.85. The number of hydrogen-bond donors (Lipinski definition) is 7. The van der Waals surface area contributed by atoms with Crippen LogP contribution >= 0.6 is 11.3 Å². The maximum Gasteiger partial charge on any atom is 0.256 e. The minimum atomic E-state index is -0.989. The molecule has 0 unspecified atom stereocenters. The molecule has 0 bridgehead atoms. The van der Waals surface area contributed by atoms with E-state index in [-0.39, 0.29) is 95.1 Å². The van der Waals surface area contributed by atoms with Gasteiger partial charge in [-0.25, -0.2) is 9.97 Å². The zero-order valence-electron chi connectivity index (χ0n) is 41.5. The van der Waals surface area contributed by atoms with Crippen LogP contribution in [0, 0.1) is 12.3 Å². The van der Waals surface area contributed by atoms with Gasteiger partial charge in [0.2, 0.25) is 23.7 Å². The zero-order valence-corrected chi connectivity index (χ0v) is 42.3. The van der Waals surface area contributed by atoms with Crippen LogP contribution in [-0.2, 0) is 35.1 Å². The lowest BCUT2D eigenvalue weighted by molar-refractivity contribution is -0.144. The second kappa shape index (κ2) is 24.8. The lowest BCUT2D eigenvalue weighted by Crippen LogP contribution is -2.58. The molecule has 388 valence electrons. The van der Waals surface area contributed by atoms with Crippen molar-refractivity contribution in [1.29, 1.82) is 0 Å². The van der Waals surface area contributed by atoms with Crippen molar-refractivity contribution in [3.8, 4) is 21.9 Å². The first-order valence-electron chi connectivity index (χ1n) is 24.2. The molecule has 2 aliphatic rings. The van der Waals surface area contributed by atoms with Gasteiger partial charge in [-0.15, -0.1) is 11.3 Å². The van der Waals surface area contributed by atoms with Gasteiger partial charge < -0.3 is 66.4 Å². The van der Waals surface area contributed by atoms with E-state index in [1.165, 1.54) is 12.0 Å². The van der Waals surface area contributed by atoms with Gasteiger partial charge in [0, 0.05) is 67.9 Å². The van der Waals surface area contributed by atoms with Crippen LogP contribution in [0.25, 0.3) is 16.1 Å². The van der Waals surface area contributed by atoms with Crippen molar-refractivity contribution >= 4 is 58.1 Å².